The maximum atomic E-state index is 12.5. The second-order valence-corrected chi connectivity index (χ2v) is 7.22. The SMILES string of the molecule is CC[C@H](Oc1cc(C)ccc1C)C(=O)NCCc1ccc(C(C)C)cc1. The molecule has 0 aliphatic carbocycles. The summed E-state index contributed by atoms with van der Waals surface area (Å²) in [5, 5.41) is 3.01. The van der Waals surface area contributed by atoms with Gasteiger partial charge >= 0.3 is 0 Å². The molecular formula is C23H31NO2. The van der Waals surface area contributed by atoms with Crippen LogP contribution < -0.4 is 10.1 Å². The first-order chi connectivity index (χ1) is 12.4. The van der Waals surface area contributed by atoms with E-state index in [0.29, 0.717) is 18.9 Å². The third-order valence-electron chi connectivity index (χ3n) is 4.64. The van der Waals surface area contributed by atoms with Crippen molar-refractivity contribution in [2.24, 2.45) is 0 Å². The van der Waals surface area contributed by atoms with Crippen LogP contribution in [0.25, 0.3) is 0 Å². The lowest BCUT2D eigenvalue weighted by Gasteiger charge is -2.19. The molecule has 0 aromatic heterocycles. The molecule has 0 saturated carbocycles. The van der Waals surface area contributed by atoms with E-state index >= 15 is 0 Å². The molecule has 26 heavy (non-hydrogen) atoms. The lowest BCUT2D eigenvalue weighted by atomic mass is 10.0. The average molecular weight is 354 g/mol. The number of hydrogen-bond acceptors (Lipinski definition) is 2. The summed E-state index contributed by atoms with van der Waals surface area (Å²) in [6, 6.07) is 14.7. The monoisotopic (exact) mass is 353 g/mol. The summed E-state index contributed by atoms with van der Waals surface area (Å²) < 4.78 is 5.97. The van der Waals surface area contributed by atoms with Crippen molar-refractivity contribution in [3.05, 3.63) is 64.7 Å². The zero-order valence-electron chi connectivity index (χ0n) is 16.6. The van der Waals surface area contributed by atoms with Crippen molar-refractivity contribution in [3.63, 3.8) is 0 Å². The van der Waals surface area contributed by atoms with Crippen LogP contribution in [-0.2, 0) is 11.2 Å². The van der Waals surface area contributed by atoms with Gasteiger partial charge in [0.2, 0.25) is 0 Å². The van der Waals surface area contributed by atoms with E-state index in [9.17, 15) is 4.79 Å². The Hall–Kier alpha value is -2.29. The summed E-state index contributed by atoms with van der Waals surface area (Å²) in [6.07, 6.45) is 1.01. The van der Waals surface area contributed by atoms with Gasteiger partial charge in [-0.25, -0.2) is 0 Å². The number of nitrogens with one attached hydrogen (secondary N) is 1. The fraction of sp³-hybridized carbons (Fsp3) is 0.435. The second kappa shape index (κ2) is 9.42. The van der Waals surface area contributed by atoms with Gasteiger partial charge in [-0.3, -0.25) is 4.79 Å². The van der Waals surface area contributed by atoms with Gasteiger partial charge in [0.15, 0.2) is 6.10 Å². The van der Waals surface area contributed by atoms with Crippen molar-refractivity contribution < 1.29 is 9.53 Å². The Bertz CT molecular complexity index is 719. The Morgan fingerprint density at radius 2 is 1.77 bits per heavy atom. The first-order valence-electron chi connectivity index (χ1n) is 9.51. The van der Waals surface area contributed by atoms with E-state index < -0.39 is 6.10 Å². The minimum absolute atomic E-state index is 0.0489. The van der Waals surface area contributed by atoms with E-state index in [-0.39, 0.29) is 5.91 Å². The molecule has 0 spiro atoms. The Morgan fingerprint density at radius 3 is 2.38 bits per heavy atom. The molecule has 0 bridgehead atoms. The third kappa shape index (κ3) is 5.62. The summed E-state index contributed by atoms with van der Waals surface area (Å²) in [5.41, 5.74) is 4.75. The largest absolute Gasteiger partial charge is 0.480 e. The topological polar surface area (TPSA) is 38.3 Å². The number of ether oxygens (including phenoxy) is 1. The maximum Gasteiger partial charge on any atom is 0.261 e. The lowest BCUT2D eigenvalue weighted by Crippen LogP contribution is -2.39. The number of benzene rings is 2. The predicted octanol–water partition coefficient (Wildman–Crippen LogP) is 4.94. The fourth-order valence-corrected chi connectivity index (χ4v) is 2.82. The first-order valence-corrected chi connectivity index (χ1v) is 9.51. The Balaban J connectivity index is 1.87. The second-order valence-electron chi connectivity index (χ2n) is 7.22. The number of carbonyl (C=O) groups is 1. The highest BCUT2D eigenvalue weighted by atomic mass is 16.5. The molecule has 0 heterocycles. The van der Waals surface area contributed by atoms with Crippen LogP contribution in [-0.4, -0.2) is 18.6 Å². The summed E-state index contributed by atoms with van der Waals surface area (Å²) in [4.78, 5) is 12.5. The predicted molar refractivity (Wildman–Crippen MR) is 108 cm³/mol. The molecule has 2 rings (SSSR count). The van der Waals surface area contributed by atoms with E-state index in [1.807, 2.05) is 39.0 Å². The highest BCUT2D eigenvalue weighted by Crippen LogP contribution is 2.21. The van der Waals surface area contributed by atoms with Gasteiger partial charge in [0, 0.05) is 6.54 Å². The molecular weight excluding hydrogens is 322 g/mol. The molecule has 2 aromatic rings. The van der Waals surface area contributed by atoms with Crippen molar-refractivity contribution in [2.45, 2.75) is 59.5 Å². The average Bonchev–Trinajstić information content (AvgIpc) is 2.62. The molecule has 0 aliphatic rings. The van der Waals surface area contributed by atoms with Crippen LogP contribution in [0.2, 0.25) is 0 Å². The number of amides is 1. The number of hydrogen-bond donors (Lipinski definition) is 1. The van der Waals surface area contributed by atoms with E-state index in [2.05, 4.69) is 43.4 Å². The lowest BCUT2D eigenvalue weighted by molar-refractivity contribution is -0.128. The summed E-state index contributed by atoms with van der Waals surface area (Å²) in [6.45, 7) is 11.0. The molecule has 3 nitrogen and oxygen atoms in total. The van der Waals surface area contributed by atoms with Gasteiger partial charge in [-0.15, -0.1) is 0 Å². The highest BCUT2D eigenvalue weighted by molar-refractivity contribution is 5.81. The van der Waals surface area contributed by atoms with Crippen molar-refractivity contribution in [1.82, 2.24) is 5.32 Å². The Morgan fingerprint density at radius 1 is 1.08 bits per heavy atom. The molecule has 0 unspecified atom stereocenters. The fourth-order valence-electron chi connectivity index (χ4n) is 2.82. The molecule has 1 N–H and O–H groups in total. The van der Waals surface area contributed by atoms with Gasteiger partial charge in [-0.05, 0) is 60.9 Å². The zero-order valence-corrected chi connectivity index (χ0v) is 16.6. The molecule has 140 valence electrons. The van der Waals surface area contributed by atoms with Crippen molar-refractivity contribution >= 4 is 5.91 Å². The number of aryl methyl sites for hydroxylation is 2. The van der Waals surface area contributed by atoms with Gasteiger partial charge in [-0.2, -0.15) is 0 Å². The molecule has 1 amide bonds. The molecule has 1 atom stereocenters. The number of rotatable bonds is 8. The van der Waals surface area contributed by atoms with Gasteiger partial charge in [0.1, 0.15) is 5.75 Å². The first kappa shape index (κ1) is 20.0. The molecule has 0 fully saturated rings. The van der Waals surface area contributed by atoms with E-state index in [0.717, 1.165) is 23.3 Å². The van der Waals surface area contributed by atoms with Crippen molar-refractivity contribution in [3.8, 4) is 5.75 Å². The minimum atomic E-state index is -0.459. The van der Waals surface area contributed by atoms with E-state index in [4.69, 9.17) is 4.74 Å². The van der Waals surface area contributed by atoms with Gasteiger partial charge in [-0.1, -0.05) is 57.2 Å². The van der Waals surface area contributed by atoms with Crippen LogP contribution in [0, 0.1) is 13.8 Å². The molecule has 0 radical (unpaired) electrons. The van der Waals surface area contributed by atoms with Gasteiger partial charge in [0.05, 0.1) is 0 Å². The number of carbonyl (C=O) groups excluding carboxylic acids is 1. The van der Waals surface area contributed by atoms with Gasteiger partial charge < -0.3 is 10.1 Å². The summed E-state index contributed by atoms with van der Waals surface area (Å²) in [7, 11) is 0. The molecule has 0 saturated heterocycles. The normalized spacial score (nSPS) is 12.1. The minimum Gasteiger partial charge on any atom is -0.480 e. The Kier molecular flexibility index (Phi) is 7.26. The molecule has 2 aromatic carbocycles. The third-order valence-corrected chi connectivity index (χ3v) is 4.64. The smallest absolute Gasteiger partial charge is 0.261 e. The van der Waals surface area contributed by atoms with Crippen LogP contribution in [0.15, 0.2) is 42.5 Å². The summed E-state index contributed by atoms with van der Waals surface area (Å²) in [5.74, 6) is 1.28. The quantitative estimate of drug-likeness (QED) is 0.730. The maximum absolute atomic E-state index is 12.5. The Labute approximate surface area is 157 Å². The van der Waals surface area contributed by atoms with Gasteiger partial charge in [0.25, 0.3) is 5.91 Å². The van der Waals surface area contributed by atoms with Crippen molar-refractivity contribution in [2.75, 3.05) is 6.54 Å². The van der Waals surface area contributed by atoms with E-state index in [1.165, 1.54) is 11.1 Å². The van der Waals surface area contributed by atoms with Crippen LogP contribution in [0.3, 0.4) is 0 Å². The molecule has 3 heteroatoms. The standard InChI is InChI=1S/C23H31NO2/c1-6-21(26-22-15-17(4)7-8-18(22)5)23(25)24-14-13-19-9-11-20(12-10-19)16(2)3/h7-12,15-16,21H,6,13-14H2,1-5H3,(H,24,25)/t21-/m0/s1. The van der Waals surface area contributed by atoms with Crippen LogP contribution in [0.4, 0.5) is 0 Å². The van der Waals surface area contributed by atoms with Crippen molar-refractivity contribution in [1.29, 1.82) is 0 Å². The highest BCUT2D eigenvalue weighted by Gasteiger charge is 2.18. The van der Waals surface area contributed by atoms with Crippen LogP contribution in [0.5, 0.6) is 5.75 Å². The zero-order chi connectivity index (χ0) is 19.1. The summed E-state index contributed by atoms with van der Waals surface area (Å²) >= 11 is 0. The molecule has 0 aliphatic heterocycles. The van der Waals surface area contributed by atoms with Crippen LogP contribution in [0.1, 0.15) is 55.4 Å². The van der Waals surface area contributed by atoms with E-state index in [1.54, 1.807) is 0 Å². The van der Waals surface area contributed by atoms with Crippen LogP contribution >= 0.6 is 0 Å².